The van der Waals surface area contributed by atoms with E-state index in [1.807, 2.05) is 12.1 Å². The highest BCUT2D eigenvalue weighted by atomic mass is 35.5. The third kappa shape index (κ3) is 3.03. The Balaban J connectivity index is 1.98. The minimum Gasteiger partial charge on any atom is -0.480 e. The van der Waals surface area contributed by atoms with Gasteiger partial charge in [0.1, 0.15) is 6.04 Å². The molecule has 1 saturated heterocycles. The summed E-state index contributed by atoms with van der Waals surface area (Å²) in [7, 11) is 0. The largest absolute Gasteiger partial charge is 0.480 e. The summed E-state index contributed by atoms with van der Waals surface area (Å²) < 4.78 is 0. The van der Waals surface area contributed by atoms with E-state index in [0.29, 0.717) is 18.0 Å². The summed E-state index contributed by atoms with van der Waals surface area (Å²) in [5, 5.41) is 10.1. The molecule has 130 valence electrons. The number of nitrogens with zero attached hydrogens (tertiary/aromatic N) is 1. The number of amides is 1. The van der Waals surface area contributed by atoms with E-state index in [0.717, 1.165) is 37.7 Å². The topological polar surface area (TPSA) is 83.6 Å². The third-order valence-electron chi connectivity index (χ3n) is 5.39. The number of nitrogens with two attached hydrogens (primary N) is 1. The van der Waals surface area contributed by atoms with Crippen LogP contribution in [0.25, 0.3) is 0 Å². The van der Waals surface area contributed by atoms with Gasteiger partial charge in [0.25, 0.3) is 0 Å². The van der Waals surface area contributed by atoms with E-state index in [1.54, 1.807) is 12.1 Å². The fourth-order valence-electron chi connectivity index (χ4n) is 4.15. The van der Waals surface area contributed by atoms with Crippen molar-refractivity contribution in [3.8, 4) is 0 Å². The second kappa shape index (κ2) is 6.73. The molecule has 1 aliphatic heterocycles. The molecule has 24 heavy (non-hydrogen) atoms. The molecule has 2 atom stereocenters. The molecule has 0 aromatic heterocycles. The van der Waals surface area contributed by atoms with Gasteiger partial charge in [0.2, 0.25) is 5.91 Å². The molecule has 3 N–H and O–H groups in total. The lowest BCUT2D eigenvalue weighted by molar-refractivity contribution is -0.151. The summed E-state index contributed by atoms with van der Waals surface area (Å²) in [4.78, 5) is 26.5. The predicted molar refractivity (Wildman–Crippen MR) is 91.9 cm³/mol. The van der Waals surface area contributed by atoms with Crippen molar-refractivity contribution >= 4 is 23.5 Å². The number of carbonyl (C=O) groups is 2. The van der Waals surface area contributed by atoms with Crippen LogP contribution in [0.5, 0.6) is 0 Å². The molecule has 0 spiro atoms. The van der Waals surface area contributed by atoms with E-state index >= 15 is 0 Å². The highest BCUT2D eigenvalue weighted by molar-refractivity contribution is 6.30. The van der Waals surface area contributed by atoms with Crippen molar-refractivity contribution in [1.29, 1.82) is 0 Å². The standard InChI is InChI=1S/C18H23ClN2O3/c19-13-6-4-12(5-7-13)18(8-2-1-3-9-18)17(24)21-11-14(20)10-15(21)16(22)23/h4-7,14-15H,1-3,8-11,20H2,(H,22,23)/t14-,15-/m0/s1. The van der Waals surface area contributed by atoms with E-state index in [9.17, 15) is 14.7 Å². The Hall–Kier alpha value is -1.59. The highest BCUT2D eigenvalue weighted by Gasteiger charge is 2.48. The van der Waals surface area contributed by atoms with Gasteiger partial charge in [0.05, 0.1) is 5.41 Å². The molecule has 1 saturated carbocycles. The smallest absolute Gasteiger partial charge is 0.326 e. The van der Waals surface area contributed by atoms with Gasteiger partial charge in [0, 0.05) is 17.6 Å². The van der Waals surface area contributed by atoms with Gasteiger partial charge in [-0.25, -0.2) is 4.79 Å². The van der Waals surface area contributed by atoms with Crippen molar-refractivity contribution in [2.75, 3.05) is 6.54 Å². The van der Waals surface area contributed by atoms with Gasteiger partial charge in [-0.2, -0.15) is 0 Å². The van der Waals surface area contributed by atoms with E-state index < -0.39 is 17.4 Å². The maximum Gasteiger partial charge on any atom is 0.326 e. The normalized spacial score (nSPS) is 26.3. The van der Waals surface area contributed by atoms with Crippen LogP contribution in [0.3, 0.4) is 0 Å². The van der Waals surface area contributed by atoms with Crippen molar-refractivity contribution in [3.05, 3.63) is 34.9 Å². The molecule has 3 rings (SSSR count). The Morgan fingerprint density at radius 2 is 1.79 bits per heavy atom. The maximum absolute atomic E-state index is 13.4. The Bertz CT molecular complexity index is 626. The molecule has 5 nitrogen and oxygen atoms in total. The molecule has 1 aromatic rings. The zero-order valence-corrected chi connectivity index (χ0v) is 14.3. The first kappa shape index (κ1) is 17.2. The van der Waals surface area contributed by atoms with Crippen LogP contribution in [-0.4, -0.2) is 40.5 Å². The van der Waals surface area contributed by atoms with Gasteiger partial charge >= 0.3 is 5.97 Å². The highest BCUT2D eigenvalue weighted by Crippen LogP contribution is 2.42. The molecule has 1 aromatic carbocycles. The number of likely N-dealkylation sites (tertiary alicyclic amines) is 1. The zero-order valence-electron chi connectivity index (χ0n) is 13.6. The number of carbonyl (C=O) groups excluding carboxylic acids is 1. The van der Waals surface area contributed by atoms with E-state index in [1.165, 1.54) is 4.90 Å². The van der Waals surface area contributed by atoms with Crippen molar-refractivity contribution in [1.82, 2.24) is 4.90 Å². The molecular weight excluding hydrogens is 328 g/mol. The first-order valence-corrected chi connectivity index (χ1v) is 8.87. The van der Waals surface area contributed by atoms with Gasteiger partial charge < -0.3 is 15.7 Å². The lowest BCUT2D eigenvalue weighted by Crippen LogP contribution is -2.52. The second-order valence-corrected chi connectivity index (χ2v) is 7.39. The van der Waals surface area contributed by atoms with Gasteiger partial charge in [-0.1, -0.05) is 43.0 Å². The molecule has 0 unspecified atom stereocenters. The van der Waals surface area contributed by atoms with E-state index in [4.69, 9.17) is 17.3 Å². The summed E-state index contributed by atoms with van der Waals surface area (Å²) in [5.74, 6) is -1.07. The first-order chi connectivity index (χ1) is 11.4. The van der Waals surface area contributed by atoms with Crippen LogP contribution in [0.4, 0.5) is 0 Å². The minimum atomic E-state index is -0.974. The molecule has 1 amide bonds. The number of hydrogen-bond acceptors (Lipinski definition) is 3. The minimum absolute atomic E-state index is 0.0927. The molecule has 1 heterocycles. The molecule has 1 aliphatic carbocycles. The van der Waals surface area contributed by atoms with Gasteiger partial charge in [-0.15, -0.1) is 0 Å². The van der Waals surface area contributed by atoms with Crippen molar-refractivity contribution in [2.24, 2.45) is 5.73 Å². The Morgan fingerprint density at radius 1 is 1.17 bits per heavy atom. The lowest BCUT2D eigenvalue weighted by atomic mass is 9.68. The molecule has 6 heteroatoms. The Morgan fingerprint density at radius 3 is 2.38 bits per heavy atom. The number of carboxylic acids is 1. The molecule has 2 fully saturated rings. The number of halogens is 1. The maximum atomic E-state index is 13.4. The number of rotatable bonds is 3. The molecule has 0 bridgehead atoms. The second-order valence-electron chi connectivity index (χ2n) is 6.96. The monoisotopic (exact) mass is 350 g/mol. The summed E-state index contributed by atoms with van der Waals surface area (Å²) in [6.07, 6.45) is 4.83. The van der Waals surface area contributed by atoms with Crippen LogP contribution in [0, 0.1) is 0 Å². The average Bonchev–Trinajstić information content (AvgIpc) is 2.97. The van der Waals surface area contributed by atoms with Crippen LogP contribution in [0.15, 0.2) is 24.3 Å². The van der Waals surface area contributed by atoms with Crippen LogP contribution in [0.2, 0.25) is 5.02 Å². The van der Waals surface area contributed by atoms with Gasteiger partial charge in [0.15, 0.2) is 0 Å². The SMILES string of the molecule is N[C@H]1C[C@@H](C(=O)O)N(C(=O)C2(c3ccc(Cl)cc3)CCCCC2)C1. The van der Waals surface area contributed by atoms with Crippen LogP contribution >= 0.6 is 11.6 Å². The molecule has 2 aliphatic rings. The van der Waals surface area contributed by atoms with E-state index in [2.05, 4.69) is 0 Å². The predicted octanol–water partition coefficient (Wildman–Crippen LogP) is 2.55. The third-order valence-corrected chi connectivity index (χ3v) is 5.64. The fraction of sp³-hybridized carbons (Fsp3) is 0.556. The van der Waals surface area contributed by atoms with Crippen LogP contribution in [0.1, 0.15) is 44.1 Å². The van der Waals surface area contributed by atoms with Gasteiger partial charge in [-0.05, 0) is 37.0 Å². The summed E-state index contributed by atoms with van der Waals surface area (Å²) in [6, 6.07) is 6.30. The summed E-state index contributed by atoms with van der Waals surface area (Å²) in [5.41, 5.74) is 6.23. The summed E-state index contributed by atoms with van der Waals surface area (Å²) in [6.45, 7) is 0.311. The molecule has 0 radical (unpaired) electrons. The number of hydrogen-bond donors (Lipinski definition) is 2. The lowest BCUT2D eigenvalue weighted by Gasteiger charge is -2.40. The average molecular weight is 351 g/mol. The molecular formula is C18H23ClN2O3. The fourth-order valence-corrected chi connectivity index (χ4v) is 4.28. The zero-order chi connectivity index (χ0) is 17.3. The van der Waals surface area contributed by atoms with Gasteiger partial charge in [-0.3, -0.25) is 4.79 Å². The number of benzene rings is 1. The van der Waals surface area contributed by atoms with E-state index in [-0.39, 0.29) is 11.9 Å². The number of aliphatic carboxylic acids is 1. The van der Waals surface area contributed by atoms with Crippen molar-refractivity contribution < 1.29 is 14.7 Å². The number of carboxylic acid groups (broad SMARTS) is 1. The van der Waals surface area contributed by atoms with Crippen molar-refractivity contribution in [3.63, 3.8) is 0 Å². The quantitative estimate of drug-likeness (QED) is 0.877. The van der Waals surface area contributed by atoms with Crippen LogP contribution < -0.4 is 5.73 Å². The Labute approximate surface area is 146 Å². The Kier molecular flexibility index (Phi) is 4.83. The van der Waals surface area contributed by atoms with Crippen molar-refractivity contribution in [2.45, 2.75) is 56.0 Å². The first-order valence-electron chi connectivity index (χ1n) is 8.49. The van der Waals surface area contributed by atoms with Crippen LogP contribution in [-0.2, 0) is 15.0 Å². The summed E-state index contributed by atoms with van der Waals surface area (Å²) >= 11 is 6.00.